The van der Waals surface area contributed by atoms with Gasteiger partial charge in [0.25, 0.3) is 0 Å². The van der Waals surface area contributed by atoms with Gasteiger partial charge in [0.2, 0.25) is 10.0 Å². The van der Waals surface area contributed by atoms with E-state index in [4.69, 9.17) is 4.98 Å². The summed E-state index contributed by atoms with van der Waals surface area (Å²) in [5.74, 6) is 0.479. The van der Waals surface area contributed by atoms with Crippen LogP contribution >= 0.6 is 0 Å². The molecule has 1 aliphatic rings. The Morgan fingerprint density at radius 1 is 1.30 bits per heavy atom. The summed E-state index contributed by atoms with van der Waals surface area (Å²) in [6.07, 6.45) is 2.44. The molecule has 0 amide bonds. The molecule has 8 heteroatoms. The van der Waals surface area contributed by atoms with E-state index in [1.54, 1.807) is 13.1 Å². The van der Waals surface area contributed by atoms with E-state index in [2.05, 4.69) is 9.55 Å². The number of rotatable bonds is 4. The molecular weight excluding hydrogens is 367 g/mol. The molecule has 3 aromatic rings. The quantitative estimate of drug-likeness (QED) is 0.689. The van der Waals surface area contributed by atoms with Crippen LogP contribution in [0.5, 0.6) is 0 Å². The van der Waals surface area contributed by atoms with E-state index in [9.17, 15) is 12.8 Å². The molecule has 1 atom stereocenters. The van der Waals surface area contributed by atoms with Crippen molar-refractivity contribution in [2.75, 3.05) is 13.1 Å². The van der Waals surface area contributed by atoms with Crippen molar-refractivity contribution >= 4 is 21.2 Å². The molecule has 4 rings (SSSR count). The Kier molecular flexibility index (Phi) is 4.47. The van der Waals surface area contributed by atoms with Crippen molar-refractivity contribution < 1.29 is 12.8 Å². The molecule has 1 unspecified atom stereocenters. The molecular formula is C19H21FN4O2S. The smallest absolute Gasteiger partial charge is 0.243 e. The highest BCUT2D eigenvalue weighted by molar-refractivity contribution is 7.89. The molecule has 142 valence electrons. The number of fused-ring (bicyclic) bond motifs is 1. The second kappa shape index (κ2) is 6.69. The highest BCUT2D eigenvalue weighted by atomic mass is 32.2. The van der Waals surface area contributed by atoms with Crippen LogP contribution in [0.4, 0.5) is 4.39 Å². The average molecular weight is 388 g/mol. The molecule has 27 heavy (non-hydrogen) atoms. The second-order valence-corrected chi connectivity index (χ2v) is 8.76. The Bertz CT molecular complexity index is 1110. The van der Waals surface area contributed by atoms with E-state index in [1.165, 1.54) is 22.5 Å². The van der Waals surface area contributed by atoms with Gasteiger partial charge >= 0.3 is 0 Å². The van der Waals surface area contributed by atoms with Crippen LogP contribution in [0.15, 0.2) is 41.4 Å². The third kappa shape index (κ3) is 3.02. The van der Waals surface area contributed by atoms with Gasteiger partial charge < -0.3 is 4.57 Å². The lowest BCUT2D eigenvalue weighted by atomic mass is 10.1. The van der Waals surface area contributed by atoms with Crippen molar-refractivity contribution in [3.8, 4) is 0 Å². The molecule has 0 saturated carbocycles. The number of imidazole rings is 1. The zero-order valence-corrected chi connectivity index (χ0v) is 16.1. The predicted molar refractivity (Wildman–Crippen MR) is 100 cm³/mol. The van der Waals surface area contributed by atoms with Crippen molar-refractivity contribution in [3.63, 3.8) is 0 Å². The molecule has 2 aromatic heterocycles. The summed E-state index contributed by atoms with van der Waals surface area (Å²) in [7, 11) is -3.65. The van der Waals surface area contributed by atoms with E-state index in [1.807, 2.05) is 19.1 Å². The first-order valence-electron chi connectivity index (χ1n) is 8.99. The standard InChI is InChI=1S/C19H21FN4O2S/c1-3-24-18(22-17-5-4-9-21-19(17)24)14-8-10-23(12-14)27(25,26)15-6-7-16(20)13(2)11-15/h4-7,9,11,14H,3,8,10,12H2,1-2H3. The van der Waals surface area contributed by atoms with Gasteiger partial charge in [0.1, 0.15) is 17.2 Å². The number of sulfonamides is 1. The van der Waals surface area contributed by atoms with Gasteiger partial charge in [-0.25, -0.2) is 22.8 Å². The molecule has 0 radical (unpaired) electrons. The van der Waals surface area contributed by atoms with E-state index < -0.39 is 15.8 Å². The van der Waals surface area contributed by atoms with Crippen molar-refractivity contribution in [1.29, 1.82) is 0 Å². The largest absolute Gasteiger partial charge is 0.313 e. The SMILES string of the molecule is CCn1c(C2CCN(S(=O)(=O)c3ccc(F)c(C)c3)C2)nc2cccnc21. The zero-order chi connectivity index (χ0) is 19.2. The van der Waals surface area contributed by atoms with E-state index in [-0.39, 0.29) is 10.8 Å². The van der Waals surface area contributed by atoms with Crippen LogP contribution in [0.3, 0.4) is 0 Å². The van der Waals surface area contributed by atoms with Crippen LogP contribution in [-0.4, -0.2) is 40.3 Å². The van der Waals surface area contributed by atoms with Crippen LogP contribution < -0.4 is 0 Å². The summed E-state index contributed by atoms with van der Waals surface area (Å²) in [5, 5.41) is 0. The normalized spacial score (nSPS) is 18.4. The molecule has 1 aromatic carbocycles. The summed E-state index contributed by atoms with van der Waals surface area (Å²) in [5.41, 5.74) is 1.97. The second-order valence-electron chi connectivity index (χ2n) is 6.82. The minimum absolute atomic E-state index is 0.00969. The number of hydrogen-bond acceptors (Lipinski definition) is 4. The van der Waals surface area contributed by atoms with Gasteiger partial charge in [-0.1, -0.05) is 0 Å². The monoisotopic (exact) mass is 388 g/mol. The lowest BCUT2D eigenvalue weighted by Gasteiger charge is -2.17. The molecule has 0 bridgehead atoms. The predicted octanol–water partition coefficient (Wildman–Crippen LogP) is 3.08. The summed E-state index contributed by atoms with van der Waals surface area (Å²) in [4.78, 5) is 9.25. The Morgan fingerprint density at radius 2 is 2.11 bits per heavy atom. The fourth-order valence-electron chi connectivity index (χ4n) is 3.68. The van der Waals surface area contributed by atoms with Gasteiger partial charge in [-0.2, -0.15) is 4.31 Å². The number of hydrogen-bond donors (Lipinski definition) is 0. The molecule has 1 saturated heterocycles. The molecule has 1 aliphatic heterocycles. The van der Waals surface area contributed by atoms with Gasteiger partial charge in [-0.05, 0) is 56.2 Å². The molecule has 0 N–H and O–H groups in total. The Morgan fingerprint density at radius 3 is 2.85 bits per heavy atom. The number of aromatic nitrogens is 3. The highest BCUT2D eigenvalue weighted by Gasteiger charge is 2.35. The lowest BCUT2D eigenvalue weighted by molar-refractivity contribution is 0.469. The molecule has 0 spiro atoms. The summed E-state index contributed by atoms with van der Waals surface area (Å²) >= 11 is 0. The van der Waals surface area contributed by atoms with Crippen LogP contribution in [-0.2, 0) is 16.6 Å². The van der Waals surface area contributed by atoms with Crippen LogP contribution in [0.25, 0.3) is 11.2 Å². The number of pyridine rings is 1. The number of benzene rings is 1. The van der Waals surface area contributed by atoms with Gasteiger partial charge in [-0.3, -0.25) is 0 Å². The molecule has 1 fully saturated rings. The Labute approximate surface area is 157 Å². The van der Waals surface area contributed by atoms with Crippen LogP contribution in [0.2, 0.25) is 0 Å². The van der Waals surface area contributed by atoms with Gasteiger partial charge in [-0.15, -0.1) is 0 Å². The third-order valence-electron chi connectivity index (χ3n) is 5.13. The van der Waals surface area contributed by atoms with Gasteiger partial charge in [0.05, 0.1) is 4.90 Å². The molecule has 6 nitrogen and oxygen atoms in total. The maximum absolute atomic E-state index is 13.5. The van der Waals surface area contributed by atoms with Crippen LogP contribution in [0.1, 0.15) is 30.7 Å². The van der Waals surface area contributed by atoms with E-state index >= 15 is 0 Å². The van der Waals surface area contributed by atoms with Crippen molar-refractivity contribution in [1.82, 2.24) is 18.8 Å². The topological polar surface area (TPSA) is 68.1 Å². The molecule has 0 aliphatic carbocycles. The third-order valence-corrected chi connectivity index (χ3v) is 6.99. The van der Waals surface area contributed by atoms with Crippen molar-refractivity contribution in [3.05, 3.63) is 53.7 Å². The molecule has 3 heterocycles. The van der Waals surface area contributed by atoms with E-state index in [0.29, 0.717) is 25.1 Å². The number of halogens is 1. The Hall–Kier alpha value is -2.32. The Balaban J connectivity index is 1.64. The first-order chi connectivity index (χ1) is 12.9. The average Bonchev–Trinajstić information content (AvgIpc) is 3.28. The first kappa shape index (κ1) is 18.1. The fraction of sp³-hybridized carbons (Fsp3) is 0.368. The van der Waals surface area contributed by atoms with Crippen LogP contribution in [0, 0.1) is 12.7 Å². The van der Waals surface area contributed by atoms with E-state index in [0.717, 1.165) is 23.5 Å². The zero-order valence-electron chi connectivity index (χ0n) is 15.3. The lowest BCUT2D eigenvalue weighted by Crippen LogP contribution is -2.29. The minimum Gasteiger partial charge on any atom is -0.313 e. The summed E-state index contributed by atoms with van der Waals surface area (Å²) in [6.45, 7) is 5.11. The first-order valence-corrected chi connectivity index (χ1v) is 10.4. The maximum Gasteiger partial charge on any atom is 0.243 e. The van der Waals surface area contributed by atoms with Gasteiger partial charge in [0.15, 0.2) is 5.65 Å². The van der Waals surface area contributed by atoms with Crippen molar-refractivity contribution in [2.45, 2.75) is 37.6 Å². The van der Waals surface area contributed by atoms with Crippen molar-refractivity contribution in [2.24, 2.45) is 0 Å². The summed E-state index contributed by atoms with van der Waals surface area (Å²) in [6, 6.07) is 7.70. The highest BCUT2D eigenvalue weighted by Crippen LogP contribution is 2.32. The van der Waals surface area contributed by atoms with Gasteiger partial charge in [0, 0.05) is 31.7 Å². The fourth-order valence-corrected chi connectivity index (χ4v) is 5.27. The minimum atomic E-state index is -3.65. The number of nitrogens with zero attached hydrogens (tertiary/aromatic N) is 4. The number of aryl methyl sites for hydroxylation is 2. The summed E-state index contributed by atoms with van der Waals surface area (Å²) < 4.78 is 43.0. The maximum atomic E-state index is 13.5.